The van der Waals surface area contributed by atoms with Gasteiger partial charge in [0.25, 0.3) is 0 Å². The Balaban J connectivity index is 0.00000180. The highest BCUT2D eigenvalue weighted by Gasteiger charge is 2.29. The van der Waals surface area contributed by atoms with Crippen LogP contribution in [0, 0.1) is 0 Å². The summed E-state index contributed by atoms with van der Waals surface area (Å²) in [6.07, 6.45) is 3.71. The zero-order valence-electron chi connectivity index (χ0n) is 11.2. The van der Waals surface area contributed by atoms with Crippen molar-refractivity contribution in [3.8, 4) is 17.2 Å². The van der Waals surface area contributed by atoms with Crippen molar-refractivity contribution in [3.05, 3.63) is 35.6 Å². The van der Waals surface area contributed by atoms with Crippen molar-refractivity contribution < 1.29 is 14.6 Å². The lowest BCUT2D eigenvalue weighted by molar-refractivity contribution is 0.353. The average molecular weight is 262 g/mol. The van der Waals surface area contributed by atoms with Gasteiger partial charge in [-0.3, -0.25) is 0 Å². The highest BCUT2D eigenvalue weighted by Crippen LogP contribution is 2.47. The molecule has 0 atom stereocenters. The summed E-state index contributed by atoms with van der Waals surface area (Å²) in [5.74, 6) is 1.82. The molecule has 0 spiro atoms. The molecule has 0 radical (unpaired) electrons. The van der Waals surface area contributed by atoms with Crippen LogP contribution in [-0.4, -0.2) is 12.2 Å². The van der Waals surface area contributed by atoms with Gasteiger partial charge in [-0.25, -0.2) is 0 Å². The molecule has 0 unspecified atom stereocenters. The third-order valence-electron chi connectivity index (χ3n) is 2.90. The molecule has 1 aliphatic rings. The Morgan fingerprint density at radius 2 is 1.89 bits per heavy atom. The largest absolute Gasteiger partial charge is 0.504 e. The average Bonchev–Trinajstić information content (AvgIpc) is 2.26. The van der Waals surface area contributed by atoms with Gasteiger partial charge in [0.2, 0.25) is 0 Å². The monoisotopic (exact) mass is 262 g/mol. The number of fused-ring (bicyclic) bond motifs is 1. The molecular formula is C16H22O3. The lowest BCUT2D eigenvalue weighted by Gasteiger charge is -2.27. The molecule has 0 saturated carbocycles. The third-order valence-corrected chi connectivity index (χ3v) is 2.90. The van der Waals surface area contributed by atoms with Crippen molar-refractivity contribution in [1.29, 1.82) is 0 Å². The third kappa shape index (κ3) is 2.60. The molecule has 3 nitrogen and oxygen atoms in total. The van der Waals surface area contributed by atoms with Gasteiger partial charge < -0.3 is 14.6 Å². The van der Waals surface area contributed by atoms with E-state index < -0.39 is 0 Å². The summed E-state index contributed by atoms with van der Waals surface area (Å²) in [6, 6.07) is 1.77. The molecular weight excluding hydrogens is 240 g/mol. The Hall–Kier alpha value is -1.90. The molecule has 0 bridgehead atoms. The molecule has 1 heterocycles. The van der Waals surface area contributed by atoms with Crippen molar-refractivity contribution in [1.82, 2.24) is 0 Å². The number of rotatable bonds is 1. The number of phenols is 1. The van der Waals surface area contributed by atoms with Gasteiger partial charge in [0.1, 0.15) is 11.5 Å². The molecule has 1 aromatic carbocycles. The van der Waals surface area contributed by atoms with Crippen LogP contribution in [0.4, 0.5) is 0 Å². The maximum absolute atomic E-state index is 10.3. The molecule has 19 heavy (non-hydrogen) atoms. The van der Waals surface area contributed by atoms with E-state index in [1.165, 1.54) is 0 Å². The zero-order chi connectivity index (χ0) is 13.5. The maximum Gasteiger partial charge on any atom is 0.165 e. The molecule has 104 valence electrons. The first-order valence-corrected chi connectivity index (χ1v) is 5.84. The first-order chi connectivity index (χ1) is 8.34. The first-order valence-electron chi connectivity index (χ1n) is 5.84. The van der Waals surface area contributed by atoms with E-state index in [4.69, 9.17) is 9.47 Å². The smallest absolute Gasteiger partial charge is 0.165 e. The van der Waals surface area contributed by atoms with Crippen LogP contribution in [0.2, 0.25) is 0 Å². The minimum absolute atomic E-state index is 0. The SMILES string of the molecule is C.C=C1C=Cc2cc(OC)c(O)c(C(C)(C)C)c2O1. The maximum atomic E-state index is 10.3. The number of phenolic OH excluding ortho intramolecular Hbond substituents is 1. The predicted octanol–water partition coefficient (Wildman–Crippen LogP) is 4.25. The van der Waals surface area contributed by atoms with E-state index in [2.05, 4.69) is 6.58 Å². The number of hydrogen-bond acceptors (Lipinski definition) is 3. The number of methoxy groups -OCH3 is 1. The van der Waals surface area contributed by atoms with E-state index in [-0.39, 0.29) is 18.6 Å². The molecule has 0 saturated heterocycles. The second-order valence-corrected chi connectivity index (χ2v) is 5.37. The molecule has 0 amide bonds. The molecule has 1 aliphatic heterocycles. The zero-order valence-corrected chi connectivity index (χ0v) is 11.2. The number of hydrogen-bond donors (Lipinski definition) is 1. The van der Waals surface area contributed by atoms with Gasteiger partial charge in [0.05, 0.1) is 7.11 Å². The standard InChI is InChI=1S/C15H18O3.CH4/c1-9-6-7-10-8-11(17-5)13(16)12(14(10)18-9)15(2,3)4;/h6-8,16H,1H2,2-5H3;1H4. The second-order valence-electron chi connectivity index (χ2n) is 5.37. The fourth-order valence-corrected chi connectivity index (χ4v) is 2.08. The van der Waals surface area contributed by atoms with Gasteiger partial charge in [-0.15, -0.1) is 0 Å². The van der Waals surface area contributed by atoms with Crippen LogP contribution in [0.15, 0.2) is 24.5 Å². The fraction of sp³-hybridized carbons (Fsp3) is 0.375. The summed E-state index contributed by atoms with van der Waals surface area (Å²) in [4.78, 5) is 0. The highest BCUT2D eigenvalue weighted by atomic mass is 16.5. The normalized spacial score (nSPS) is 13.4. The molecule has 0 aromatic heterocycles. The molecule has 0 aliphatic carbocycles. The quantitative estimate of drug-likeness (QED) is 0.822. The molecule has 0 fully saturated rings. The number of allylic oxidation sites excluding steroid dienone is 1. The molecule has 3 heteroatoms. The predicted molar refractivity (Wildman–Crippen MR) is 78.9 cm³/mol. The Morgan fingerprint density at radius 1 is 1.26 bits per heavy atom. The van der Waals surface area contributed by atoms with Crippen molar-refractivity contribution in [2.75, 3.05) is 7.11 Å². The lowest BCUT2D eigenvalue weighted by atomic mass is 9.83. The van der Waals surface area contributed by atoms with Crippen LogP contribution < -0.4 is 9.47 Å². The van der Waals surface area contributed by atoms with E-state index in [9.17, 15) is 5.11 Å². The minimum atomic E-state index is -0.256. The van der Waals surface area contributed by atoms with Crippen molar-refractivity contribution in [3.63, 3.8) is 0 Å². The van der Waals surface area contributed by atoms with Gasteiger partial charge >= 0.3 is 0 Å². The Bertz CT molecular complexity index is 534. The van der Waals surface area contributed by atoms with Gasteiger partial charge in [-0.2, -0.15) is 0 Å². The molecule has 1 aromatic rings. The van der Waals surface area contributed by atoms with Gasteiger partial charge in [-0.1, -0.05) is 34.8 Å². The first kappa shape index (κ1) is 15.2. The Kier molecular flexibility index (Phi) is 3.99. The molecule has 2 rings (SSSR count). The van der Waals surface area contributed by atoms with Crippen LogP contribution in [0.5, 0.6) is 17.2 Å². The van der Waals surface area contributed by atoms with E-state index >= 15 is 0 Å². The Morgan fingerprint density at radius 3 is 2.42 bits per heavy atom. The van der Waals surface area contributed by atoms with Crippen LogP contribution >= 0.6 is 0 Å². The fourth-order valence-electron chi connectivity index (χ4n) is 2.08. The van der Waals surface area contributed by atoms with Crippen LogP contribution in [-0.2, 0) is 5.41 Å². The second kappa shape index (κ2) is 5.00. The van der Waals surface area contributed by atoms with Gasteiger partial charge in [0, 0.05) is 11.1 Å². The number of ether oxygens (including phenoxy) is 2. The number of aromatic hydroxyl groups is 1. The van der Waals surface area contributed by atoms with Crippen LogP contribution in [0.1, 0.15) is 39.3 Å². The summed E-state index contributed by atoms with van der Waals surface area (Å²) in [7, 11) is 1.54. The van der Waals surface area contributed by atoms with E-state index in [0.717, 1.165) is 11.1 Å². The van der Waals surface area contributed by atoms with Crippen molar-refractivity contribution >= 4 is 6.08 Å². The summed E-state index contributed by atoms with van der Waals surface area (Å²) in [5, 5.41) is 10.3. The van der Waals surface area contributed by atoms with Crippen molar-refractivity contribution in [2.45, 2.75) is 33.6 Å². The summed E-state index contributed by atoms with van der Waals surface area (Å²) in [5.41, 5.74) is 1.37. The Labute approximate surface area is 115 Å². The van der Waals surface area contributed by atoms with Gasteiger partial charge in [-0.05, 0) is 23.6 Å². The van der Waals surface area contributed by atoms with E-state index in [0.29, 0.717) is 17.3 Å². The minimum Gasteiger partial charge on any atom is -0.504 e. The van der Waals surface area contributed by atoms with Gasteiger partial charge in [0.15, 0.2) is 11.5 Å². The topological polar surface area (TPSA) is 38.7 Å². The van der Waals surface area contributed by atoms with Crippen molar-refractivity contribution in [2.24, 2.45) is 0 Å². The van der Waals surface area contributed by atoms with E-state index in [1.54, 1.807) is 19.3 Å². The summed E-state index contributed by atoms with van der Waals surface area (Å²) >= 11 is 0. The van der Waals surface area contributed by atoms with Crippen LogP contribution in [0.3, 0.4) is 0 Å². The number of benzene rings is 1. The van der Waals surface area contributed by atoms with E-state index in [1.807, 2.05) is 26.8 Å². The molecule has 1 N–H and O–H groups in total. The summed E-state index contributed by atoms with van der Waals surface area (Å²) < 4.78 is 10.9. The summed E-state index contributed by atoms with van der Waals surface area (Å²) in [6.45, 7) is 9.85. The van der Waals surface area contributed by atoms with Crippen LogP contribution in [0.25, 0.3) is 6.08 Å². The lowest BCUT2D eigenvalue weighted by Crippen LogP contribution is -2.15. The highest BCUT2D eigenvalue weighted by molar-refractivity contribution is 5.71.